The van der Waals surface area contributed by atoms with Gasteiger partial charge in [-0.15, -0.1) is 0 Å². The van der Waals surface area contributed by atoms with Crippen LogP contribution in [0.1, 0.15) is 19.5 Å². The van der Waals surface area contributed by atoms with Gasteiger partial charge in [0.25, 0.3) is 0 Å². The summed E-state index contributed by atoms with van der Waals surface area (Å²) in [5, 5.41) is 11.3. The summed E-state index contributed by atoms with van der Waals surface area (Å²) in [6.45, 7) is 5.33. The van der Waals surface area contributed by atoms with E-state index in [1.807, 2.05) is 24.0 Å². The molecule has 9 nitrogen and oxygen atoms in total. The zero-order valence-electron chi connectivity index (χ0n) is 20.4. The first-order valence-corrected chi connectivity index (χ1v) is 13.4. The van der Waals surface area contributed by atoms with E-state index in [2.05, 4.69) is 95.1 Å². The second-order valence-corrected chi connectivity index (χ2v) is 10.7. The molecule has 0 saturated carbocycles. The Bertz CT molecular complexity index is 1420. The van der Waals surface area contributed by atoms with Gasteiger partial charge in [-0.2, -0.15) is 10.1 Å². The molecule has 11 heteroatoms. The van der Waals surface area contributed by atoms with E-state index in [-0.39, 0.29) is 0 Å². The molecule has 2 N–H and O–H groups in total. The summed E-state index contributed by atoms with van der Waals surface area (Å²) in [4.78, 5) is 15.8. The number of benzene rings is 1. The SMILES string of the molecule is COc1cc2c(cc1Nc1ncc(Br)c(Nc3ccncc3I)n1)-c1cnn(C)c1CCN2C(C)C. The molecule has 0 fully saturated rings. The largest absolute Gasteiger partial charge is 0.494 e. The molecule has 0 atom stereocenters. The Hall–Kier alpha value is -2.93. The van der Waals surface area contributed by atoms with Crippen LogP contribution < -0.4 is 20.3 Å². The Kier molecular flexibility index (Phi) is 7.02. The van der Waals surface area contributed by atoms with Gasteiger partial charge in [0, 0.05) is 73.2 Å². The molecular formula is C25H26BrIN8O. The molecule has 4 heterocycles. The lowest BCUT2D eigenvalue weighted by Crippen LogP contribution is -2.32. The van der Waals surface area contributed by atoms with Crippen molar-refractivity contribution in [3.63, 3.8) is 0 Å². The van der Waals surface area contributed by atoms with Gasteiger partial charge in [-0.3, -0.25) is 9.67 Å². The Morgan fingerprint density at radius 1 is 1.11 bits per heavy atom. The van der Waals surface area contributed by atoms with E-state index in [9.17, 15) is 0 Å². The number of pyridine rings is 1. The van der Waals surface area contributed by atoms with Crippen molar-refractivity contribution in [3.8, 4) is 16.9 Å². The summed E-state index contributed by atoms with van der Waals surface area (Å²) in [5.74, 6) is 1.81. The Morgan fingerprint density at radius 3 is 2.69 bits per heavy atom. The van der Waals surface area contributed by atoms with Crippen LogP contribution in [0.2, 0.25) is 0 Å². The molecule has 0 amide bonds. The van der Waals surface area contributed by atoms with Gasteiger partial charge < -0.3 is 20.3 Å². The molecule has 36 heavy (non-hydrogen) atoms. The van der Waals surface area contributed by atoms with E-state index >= 15 is 0 Å². The van der Waals surface area contributed by atoms with Crippen molar-refractivity contribution in [2.45, 2.75) is 26.3 Å². The second kappa shape index (κ2) is 10.2. The maximum absolute atomic E-state index is 5.81. The van der Waals surface area contributed by atoms with E-state index in [1.165, 1.54) is 5.69 Å². The van der Waals surface area contributed by atoms with Crippen LogP contribution in [0.25, 0.3) is 11.1 Å². The number of aryl methyl sites for hydroxylation is 1. The van der Waals surface area contributed by atoms with E-state index in [1.54, 1.807) is 25.7 Å². The number of rotatable bonds is 6. The molecule has 3 aromatic heterocycles. The highest BCUT2D eigenvalue weighted by Crippen LogP contribution is 2.43. The minimum absolute atomic E-state index is 0.342. The Labute approximate surface area is 232 Å². The van der Waals surface area contributed by atoms with Crippen LogP contribution in [0, 0.1) is 3.57 Å². The first-order valence-electron chi connectivity index (χ1n) is 11.5. The fraction of sp³-hybridized carbons (Fsp3) is 0.280. The Morgan fingerprint density at radius 2 is 1.94 bits per heavy atom. The molecule has 0 radical (unpaired) electrons. The fourth-order valence-electron chi connectivity index (χ4n) is 4.40. The lowest BCUT2D eigenvalue weighted by molar-refractivity contribution is 0.416. The molecule has 1 aliphatic rings. The van der Waals surface area contributed by atoms with Gasteiger partial charge in [0.15, 0.2) is 0 Å². The van der Waals surface area contributed by atoms with Gasteiger partial charge >= 0.3 is 0 Å². The Balaban J connectivity index is 1.55. The number of anilines is 5. The van der Waals surface area contributed by atoms with Gasteiger partial charge in [-0.1, -0.05) is 0 Å². The third-order valence-corrected chi connectivity index (χ3v) is 7.65. The monoisotopic (exact) mass is 660 g/mol. The number of nitrogens with zero attached hydrogens (tertiary/aromatic N) is 6. The van der Waals surface area contributed by atoms with Gasteiger partial charge in [-0.25, -0.2) is 4.98 Å². The summed E-state index contributed by atoms with van der Waals surface area (Å²) in [6, 6.07) is 6.45. The van der Waals surface area contributed by atoms with Crippen LogP contribution in [0.5, 0.6) is 5.75 Å². The van der Waals surface area contributed by atoms with Gasteiger partial charge in [0.1, 0.15) is 11.6 Å². The quantitative estimate of drug-likeness (QED) is 0.247. The molecule has 186 valence electrons. The van der Waals surface area contributed by atoms with Crippen molar-refractivity contribution < 1.29 is 4.74 Å². The smallest absolute Gasteiger partial charge is 0.229 e. The van der Waals surface area contributed by atoms with Crippen LogP contribution >= 0.6 is 38.5 Å². The lowest BCUT2D eigenvalue weighted by atomic mass is 10.0. The summed E-state index contributed by atoms with van der Waals surface area (Å²) < 4.78 is 9.52. The first-order chi connectivity index (χ1) is 17.4. The second-order valence-electron chi connectivity index (χ2n) is 8.73. The lowest BCUT2D eigenvalue weighted by Gasteiger charge is -2.30. The van der Waals surface area contributed by atoms with Gasteiger partial charge in [-0.05, 0) is 64.5 Å². The molecule has 0 unspecified atom stereocenters. The molecular weight excluding hydrogens is 635 g/mol. The molecule has 1 aromatic carbocycles. The average molecular weight is 661 g/mol. The van der Waals surface area contributed by atoms with Crippen molar-refractivity contribution >= 4 is 67.3 Å². The van der Waals surface area contributed by atoms with Crippen LogP contribution in [0.3, 0.4) is 0 Å². The van der Waals surface area contributed by atoms with Crippen molar-refractivity contribution in [2.75, 3.05) is 29.2 Å². The molecule has 0 spiro atoms. The number of nitrogens with one attached hydrogen (secondary N) is 2. The predicted octanol–water partition coefficient (Wildman–Crippen LogP) is 5.91. The normalized spacial score (nSPS) is 12.7. The van der Waals surface area contributed by atoms with Crippen LogP contribution in [0.15, 0.2) is 47.5 Å². The highest BCUT2D eigenvalue weighted by Gasteiger charge is 2.26. The molecule has 0 bridgehead atoms. The van der Waals surface area contributed by atoms with Crippen molar-refractivity contribution in [1.82, 2.24) is 24.7 Å². The van der Waals surface area contributed by atoms with Gasteiger partial charge in [0.05, 0.1) is 32.7 Å². The predicted molar refractivity (Wildman–Crippen MR) is 155 cm³/mol. The first kappa shape index (κ1) is 24.8. The van der Waals surface area contributed by atoms with Crippen LogP contribution in [-0.4, -0.2) is 44.4 Å². The molecule has 0 aliphatic carbocycles. The van der Waals surface area contributed by atoms with E-state index in [0.717, 1.165) is 54.9 Å². The van der Waals surface area contributed by atoms with Crippen molar-refractivity contribution in [3.05, 3.63) is 56.7 Å². The van der Waals surface area contributed by atoms with E-state index in [4.69, 9.17) is 9.72 Å². The number of halogens is 2. The highest BCUT2D eigenvalue weighted by atomic mass is 127. The third kappa shape index (κ3) is 4.73. The molecule has 1 aliphatic heterocycles. The fourth-order valence-corrected chi connectivity index (χ4v) is 5.16. The summed E-state index contributed by atoms with van der Waals surface area (Å²) in [5.41, 5.74) is 6.28. The topological polar surface area (TPSA) is 93.0 Å². The minimum Gasteiger partial charge on any atom is -0.494 e. The molecule has 5 rings (SSSR count). The maximum Gasteiger partial charge on any atom is 0.229 e. The van der Waals surface area contributed by atoms with Crippen molar-refractivity contribution in [1.29, 1.82) is 0 Å². The molecule has 0 saturated heterocycles. The van der Waals surface area contributed by atoms with Gasteiger partial charge in [0.2, 0.25) is 5.95 Å². The highest BCUT2D eigenvalue weighted by molar-refractivity contribution is 14.1. The number of hydrogen-bond acceptors (Lipinski definition) is 8. The van der Waals surface area contributed by atoms with Crippen LogP contribution in [0.4, 0.5) is 28.8 Å². The third-order valence-electron chi connectivity index (χ3n) is 6.21. The number of ether oxygens (including phenoxy) is 1. The maximum atomic E-state index is 5.81. The minimum atomic E-state index is 0.342. The number of methoxy groups -OCH3 is 1. The van der Waals surface area contributed by atoms with Crippen LogP contribution in [-0.2, 0) is 13.5 Å². The van der Waals surface area contributed by atoms with E-state index in [0.29, 0.717) is 17.8 Å². The number of aromatic nitrogens is 5. The number of hydrogen-bond donors (Lipinski definition) is 2. The summed E-state index contributed by atoms with van der Waals surface area (Å²) >= 11 is 5.79. The zero-order valence-corrected chi connectivity index (χ0v) is 24.1. The number of fused-ring (bicyclic) bond motifs is 3. The zero-order chi connectivity index (χ0) is 25.4. The molecule has 4 aromatic rings. The summed E-state index contributed by atoms with van der Waals surface area (Å²) in [6.07, 6.45) is 8.13. The summed E-state index contributed by atoms with van der Waals surface area (Å²) in [7, 11) is 3.68. The standard InChI is InChI=1S/C25H26BrIN8O/c1-14(2)35-8-6-21-16(11-30-34(21)3)15-9-20(23(36-4)10-22(15)35)32-25-29-12-17(26)24(33-25)31-19-5-7-28-13-18(19)27/h5,7,9-14H,6,8H2,1-4H3,(H2,28,29,31,32,33). The van der Waals surface area contributed by atoms with E-state index < -0.39 is 0 Å². The average Bonchev–Trinajstić information content (AvgIpc) is 3.14. The van der Waals surface area contributed by atoms with Crippen molar-refractivity contribution in [2.24, 2.45) is 7.05 Å².